The van der Waals surface area contributed by atoms with E-state index in [9.17, 15) is 4.79 Å². The maximum absolute atomic E-state index is 10.8. The Hall–Kier alpha value is -2.00. The number of azo groups is 1. The highest BCUT2D eigenvalue weighted by Crippen LogP contribution is 2.55. The van der Waals surface area contributed by atoms with E-state index in [0.717, 1.165) is 37.1 Å². The van der Waals surface area contributed by atoms with Crippen molar-refractivity contribution in [3.8, 4) is 5.75 Å². The van der Waals surface area contributed by atoms with Crippen LogP contribution in [-0.2, 0) is 4.79 Å². The Morgan fingerprint density at radius 1 is 1.15 bits per heavy atom. The summed E-state index contributed by atoms with van der Waals surface area (Å²) in [6, 6.07) is 7.37. The second kappa shape index (κ2) is 5.17. The summed E-state index contributed by atoms with van der Waals surface area (Å²) in [5, 5.41) is 8.74. The minimum Gasteiger partial charge on any atom is -0.497 e. The molecule has 5 nitrogen and oxygen atoms in total. The number of benzene rings is 1. The lowest BCUT2D eigenvalue weighted by Crippen LogP contribution is -2.29. The van der Waals surface area contributed by atoms with E-state index in [0.29, 0.717) is 11.8 Å². The smallest absolute Gasteiger partial charge is 0.237 e. The summed E-state index contributed by atoms with van der Waals surface area (Å²) in [4.78, 5) is 14.8. The molecule has 1 aromatic carbocycles. The van der Waals surface area contributed by atoms with Crippen molar-refractivity contribution in [3.05, 3.63) is 24.3 Å². The lowest BCUT2D eigenvalue weighted by molar-refractivity contribution is 0.324. The molecular formula is C15H17N3O2. The van der Waals surface area contributed by atoms with Gasteiger partial charge in [-0.1, -0.05) is 0 Å². The van der Waals surface area contributed by atoms with Gasteiger partial charge in [-0.2, -0.15) is 15.2 Å². The predicted molar refractivity (Wildman–Crippen MR) is 73.8 cm³/mol. The van der Waals surface area contributed by atoms with Gasteiger partial charge in [-0.25, -0.2) is 4.79 Å². The van der Waals surface area contributed by atoms with Gasteiger partial charge >= 0.3 is 0 Å². The van der Waals surface area contributed by atoms with Gasteiger partial charge in [0.15, 0.2) is 5.66 Å². The molecule has 0 heterocycles. The molecule has 0 N–H and O–H groups in total. The van der Waals surface area contributed by atoms with Gasteiger partial charge in [0.25, 0.3) is 0 Å². The lowest BCUT2D eigenvalue weighted by atomic mass is 10.0. The second-order valence-corrected chi connectivity index (χ2v) is 5.43. The van der Waals surface area contributed by atoms with Gasteiger partial charge in [0.1, 0.15) is 5.75 Å². The van der Waals surface area contributed by atoms with Gasteiger partial charge in [0, 0.05) is 11.8 Å². The highest BCUT2D eigenvalue weighted by Gasteiger charge is 2.55. The molecule has 0 unspecified atom stereocenters. The Morgan fingerprint density at radius 3 is 2.20 bits per heavy atom. The third-order valence-electron chi connectivity index (χ3n) is 3.98. The molecule has 1 aromatic rings. The minimum atomic E-state index is -0.651. The predicted octanol–water partition coefficient (Wildman–Crippen LogP) is 3.63. The van der Waals surface area contributed by atoms with Crippen LogP contribution in [0.3, 0.4) is 0 Å². The standard InChI is InChI=1S/C15H17N3O2/c1-20-14-8-6-13(7-9-14)17-18-15(16-10-19,11-2-3-11)12-4-5-12/h6-9,11-12H,2-5H2,1H3. The zero-order valence-electron chi connectivity index (χ0n) is 11.5. The first-order chi connectivity index (χ1) is 9.78. The summed E-state index contributed by atoms with van der Waals surface area (Å²) >= 11 is 0. The van der Waals surface area contributed by atoms with E-state index < -0.39 is 5.66 Å². The fourth-order valence-electron chi connectivity index (χ4n) is 2.58. The van der Waals surface area contributed by atoms with Gasteiger partial charge in [-0.15, -0.1) is 0 Å². The average Bonchev–Trinajstić information content (AvgIpc) is 3.35. The monoisotopic (exact) mass is 271 g/mol. The lowest BCUT2D eigenvalue weighted by Gasteiger charge is -2.21. The Balaban J connectivity index is 1.84. The van der Waals surface area contributed by atoms with Crippen LogP contribution in [0, 0.1) is 11.8 Å². The van der Waals surface area contributed by atoms with Crippen molar-refractivity contribution < 1.29 is 9.53 Å². The third-order valence-corrected chi connectivity index (χ3v) is 3.98. The van der Waals surface area contributed by atoms with Crippen molar-refractivity contribution in [2.75, 3.05) is 7.11 Å². The van der Waals surface area contributed by atoms with Gasteiger partial charge in [-0.3, -0.25) is 0 Å². The number of isocyanates is 1. The molecule has 0 aliphatic heterocycles. The molecule has 0 spiro atoms. The van der Waals surface area contributed by atoms with Crippen LogP contribution in [0.1, 0.15) is 25.7 Å². The minimum absolute atomic E-state index is 0.360. The van der Waals surface area contributed by atoms with E-state index in [4.69, 9.17) is 4.74 Å². The summed E-state index contributed by atoms with van der Waals surface area (Å²) in [6.45, 7) is 0. The van der Waals surface area contributed by atoms with E-state index in [2.05, 4.69) is 15.2 Å². The van der Waals surface area contributed by atoms with E-state index in [1.165, 1.54) is 0 Å². The molecule has 0 amide bonds. The highest BCUT2D eigenvalue weighted by molar-refractivity contribution is 5.41. The quantitative estimate of drug-likeness (QED) is 0.450. The molecule has 0 bridgehead atoms. The molecule has 2 fully saturated rings. The fourth-order valence-corrected chi connectivity index (χ4v) is 2.58. The molecule has 5 heteroatoms. The number of hydrogen-bond donors (Lipinski definition) is 0. The van der Waals surface area contributed by atoms with E-state index in [1.807, 2.05) is 24.3 Å². The first-order valence-corrected chi connectivity index (χ1v) is 6.94. The molecule has 0 atom stereocenters. The number of carbonyl (C=O) groups excluding carboxylic acids is 1. The van der Waals surface area contributed by atoms with E-state index >= 15 is 0 Å². The molecule has 0 saturated heterocycles. The topological polar surface area (TPSA) is 63.4 Å². The van der Waals surface area contributed by atoms with Crippen LogP contribution in [-0.4, -0.2) is 18.9 Å². The van der Waals surface area contributed by atoms with Crippen molar-refractivity contribution in [1.29, 1.82) is 0 Å². The van der Waals surface area contributed by atoms with Crippen LogP contribution in [0.5, 0.6) is 5.75 Å². The molecule has 20 heavy (non-hydrogen) atoms. The van der Waals surface area contributed by atoms with E-state index in [1.54, 1.807) is 13.2 Å². The van der Waals surface area contributed by atoms with Crippen molar-refractivity contribution in [3.63, 3.8) is 0 Å². The number of ether oxygens (including phenoxy) is 1. The number of rotatable bonds is 6. The Bertz CT molecular complexity index is 541. The summed E-state index contributed by atoms with van der Waals surface area (Å²) in [5.41, 5.74) is 0.0966. The summed E-state index contributed by atoms with van der Waals surface area (Å²) in [7, 11) is 1.63. The first kappa shape index (κ1) is 13.0. The largest absolute Gasteiger partial charge is 0.497 e. The van der Waals surface area contributed by atoms with Crippen LogP contribution in [0.25, 0.3) is 0 Å². The second-order valence-electron chi connectivity index (χ2n) is 5.43. The van der Waals surface area contributed by atoms with Gasteiger partial charge in [-0.05, 0) is 49.9 Å². The van der Waals surface area contributed by atoms with Crippen LogP contribution in [0.2, 0.25) is 0 Å². The molecule has 2 aliphatic rings. The number of hydrogen-bond acceptors (Lipinski definition) is 5. The van der Waals surface area contributed by atoms with Crippen molar-refractivity contribution in [2.24, 2.45) is 27.1 Å². The highest BCUT2D eigenvalue weighted by atomic mass is 16.5. The normalized spacial score (nSPS) is 18.9. The SMILES string of the molecule is COc1ccc(N=NC(N=C=O)(C2CC2)C2CC2)cc1. The van der Waals surface area contributed by atoms with Gasteiger partial charge in [0.2, 0.25) is 6.08 Å². The van der Waals surface area contributed by atoms with Gasteiger partial charge < -0.3 is 4.74 Å². The third kappa shape index (κ3) is 2.49. The average molecular weight is 271 g/mol. The molecule has 2 saturated carbocycles. The fraction of sp³-hybridized carbons (Fsp3) is 0.533. The maximum atomic E-state index is 10.8. The molecule has 0 radical (unpaired) electrons. The zero-order valence-corrected chi connectivity index (χ0v) is 11.5. The number of methoxy groups -OCH3 is 1. The Kier molecular flexibility index (Phi) is 3.36. The van der Waals surface area contributed by atoms with Gasteiger partial charge in [0.05, 0.1) is 12.8 Å². The molecule has 3 rings (SSSR count). The summed E-state index contributed by atoms with van der Waals surface area (Å²) in [6.07, 6.45) is 6.00. The first-order valence-electron chi connectivity index (χ1n) is 6.94. The number of aliphatic imine (C=N–C) groups is 1. The van der Waals surface area contributed by atoms with Crippen molar-refractivity contribution in [1.82, 2.24) is 0 Å². The molecular weight excluding hydrogens is 254 g/mol. The van der Waals surface area contributed by atoms with Crippen LogP contribution in [0.4, 0.5) is 5.69 Å². The Labute approximate surface area is 117 Å². The number of nitrogens with zero attached hydrogens (tertiary/aromatic N) is 3. The summed E-state index contributed by atoms with van der Waals surface area (Å²) < 4.78 is 5.11. The molecule has 0 aromatic heterocycles. The maximum Gasteiger partial charge on any atom is 0.237 e. The van der Waals surface area contributed by atoms with Crippen molar-refractivity contribution in [2.45, 2.75) is 31.3 Å². The van der Waals surface area contributed by atoms with Crippen LogP contribution < -0.4 is 4.74 Å². The Morgan fingerprint density at radius 2 is 1.75 bits per heavy atom. The molecule has 2 aliphatic carbocycles. The zero-order chi connectivity index (χ0) is 14.0. The van der Waals surface area contributed by atoms with Crippen LogP contribution in [0.15, 0.2) is 39.5 Å². The van der Waals surface area contributed by atoms with E-state index in [-0.39, 0.29) is 0 Å². The summed E-state index contributed by atoms with van der Waals surface area (Å²) in [5.74, 6) is 1.50. The van der Waals surface area contributed by atoms with Crippen molar-refractivity contribution >= 4 is 11.8 Å². The van der Waals surface area contributed by atoms with Crippen LogP contribution >= 0.6 is 0 Å². The molecule has 104 valence electrons.